The summed E-state index contributed by atoms with van der Waals surface area (Å²) < 4.78 is 5.62. The van der Waals surface area contributed by atoms with Crippen molar-refractivity contribution >= 4 is 5.69 Å². The van der Waals surface area contributed by atoms with Gasteiger partial charge in [0.15, 0.2) is 0 Å². The Morgan fingerprint density at radius 1 is 1.43 bits per heavy atom. The molecule has 0 radical (unpaired) electrons. The molecule has 0 aromatic heterocycles. The van der Waals surface area contributed by atoms with Crippen LogP contribution in [-0.4, -0.2) is 6.61 Å². The number of nitrogens with two attached hydrogens (primary N) is 1. The summed E-state index contributed by atoms with van der Waals surface area (Å²) >= 11 is 0. The van der Waals surface area contributed by atoms with Gasteiger partial charge in [-0.15, -0.1) is 0 Å². The average Bonchev–Trinajstić information content (AvgIpc) is 2.96. The summed E-state index contributed by atoms with van der Waals surface area (Å²) in [5.74, 6) is 0.830. The van der Waals surface area contributed by atoms with Gasteiger partial charge in [-0.3, -0.25) is 0 Å². The highest BCUT2D eigenvalue weighted by Gasteiger charge is 2.21. The molecule has 76 valence electrons. The first-order chi connectivity index (χ1) is 6.77. The summed E-state index contributed by atoms with van der Waals surface area (Å²) in [6, 6.07) is 6.00. The minimum absolute atomic E-state index is 0.702. The molecule has 0 aliphatic heterocycles. The Kier molecular flexibility index (Phi) is 2.73. The van der Waals surface area contributed by atoms with Crippen molar-refractivity contribution in [2.24, 2.45) is 5.92 Å². The lowest BCUT2D eigenvalue weighted by Crippen LogP contribution is -2.00. The fourth-order valence-electron chi connectivity index (χ4n) is 1.48. The monoisotopic (exact) mass is 191 g/mol. The number of nitrogen functional groups attached to an aromatic ring is 1. The molecule has 14 heavy (non-hydrogen) atoms. The second-order valence-electron chi connectivity index (χ2n) is 4.09. The van der Waals surface area contributed by atoms with Crippen LogP contribution in [0.1, 0.15) is 24.0 Å². The SMILES string of the molecule is Cc1c(N)cccc1COCC1CC1. The van der Waals surface area contributed by atoms with E-state index < -0.39 is 0 Å². The molecule has 1 aliphatic rings. The minimum Gasteiger partial charge on any atom is -0.399 e. The summed E-state index contributed by atoms with van der Waals surface area (Å²) in [6.45, 7) is 3.66. The van der Waals surface area contributed by atoms with Crippen molar-refractivity contribution in [3.05, 3.63) is 29.3 Å². The largest absolute Gasteiger partial charge is 0.399 e. The topological polar surface area (TPSA) is 35.2 Å². The molecule has 2 rings (SSSR count). The summed E-state index contributed by atoms with van der Waals surface area (Å²) in [5.41, 5.74) is 9.04. The van der Waals surface area contributed by atoms with Crippen molar-refractivity contribution in [1.29, 1.82) is 0 Å². The van der Waals surface area contributed by atoms with E-state index in [-0.39, 0.29) is 0 Å². The second-order valence-corrected chi connectivity index (χ2v) is 4.09. The van der Waals surface area contributed by atoms with Crippen LogP contribution in [0.3, 0.4) is 0 Å². The van der Waals surface area contributed by atoms with Gasteiger partial charge < -0.3 is 10.5 Å². The number of hydrogen-bond acceptors (Lipinski definition) is 2. The van der Waals surface area contributed by atoms with E-state index in [2.05, 4.69) is 6.07 Å². The molecule has 1 fully saturated rings. The summed E-state index contributed by atoms with van der Waals surface area (Å²) in [6.07, 6.45) is 2.69. The van der Waals surface area contributed by atoms with Gasteiger partial charge in [-0.25, -0.2) is 0 Å². The molecular weight excluding hydrogens is 174 g/mol. The third-order valence-electron chi connectivity index (χ3n) is 2.80. The summed E-state index contributed by atoms with van der Waals surface area (Å²) in [7, 11) is 0. The number of benzene rings is 1. The molecule has 0 amide bonds. The van der Waals surface area contributed by atoms with E-state index in [4.69, 9.17) is 10.5 Å². The smallest absolute Gasteiger partial charge is 0.0720 e. The van der Waals surface area contributed by atoms with Crippen LogP contribution >= 0.6 is 0 Å². The molecule has 2 N–H and O–H groups in total. The van der Waals surface area contributed by atoms with E-state index in [1.807, 2.05) is 19.1 Å². The Morgan fingerprint density at radius 3 is 2.93 bits per heavy atom. The van der Waals surface area contributed by atoms with Crippen LogP contribution in [0, 0.1) is 12.8 Å². The van der Waals surface area contributed by atoms with E-state index in [9.17, 15) is 0 Å². The maximum atomic E-state index is 5.81. The molecule has 0 unspecified atom stereocenters. The molecule has 0 atom stereocenters. The van der Waals surface area contributed by atoms with Crippen molar-refractivity contribution in [1.82, 2.24) is 0 Å². The van der Waals surface area contributed by atoms with Crippen LogP contribution in [0.25, 0.3) is 0 Å². The van der Waals surface area contributed by atoms with Crippen molar-refractivity contribution in [3.8, 4) is 0 Å². The Hall–Kier alpha value is -1.02. The Bertz CT molecular complexity index is 318. The molecule has 1 saturated carbocycles. The summed E-state index contributed by atoms with van der Waals surface area (Å²) in [5, 5.41) is 0. The van der Waals surface area contributed by atoms with Crippen LogP contribution in [0.4, 0.5) is 5.69 Å². The standard InChI is InChI=1S/C12H17NO/c1-9-11(3-2-4-12(9)13)8-14-7-10-5-6-10/h2-4,10H,5-8,13H2,1H3. The Balaban J connectivity index is 1.90. The maximum Gasteiger partial charge on any atom is 0.0720 e. The van der Waals surface area contributed by atoms with Gasteiger partial charge >= 0.3 is 0 Å². The lowest BCUT2D eigenvalue weighted by Gasteiger charge is -2.08. The molecule has 0 heterocycles. The lowest BCUT2D eigenvalue weighted by atomic mass is 10.1. The molecule has 2 nitrogen and oxygen atoms in total. The van der Waals surface area contributed by atoms with Gasteiger partial charge in [0.2, 0.25) is 0 Å². The zero-order valence-corrected chi connectivity index (χ0v) is 8.62. The number of ether oxygens (including phenoxy) is 1. The molecule has 0 saturated heterocycles. The van der Waals surface area contributed by atoms with Crippen molar-refractivity contribution in [3.63, 3.8) is 0 Å². The van der Waals surface area contributed by atoms with Crippen LogP contribution in [0.15, 0.2) is 18.2 Å². The van der Waals surface area contributed by atoms with Crippen LogP contribution in [-0.2, 0) is 11.3 Å². The molecule has 2 heteroatoms. The van der Waals surface area contributed by atoms with Crippen molar-refractivity contribution < 1.29 is 4.74 Å². The second kappa shape index (κ2) is 4.01. The zero-order valence-electron chi connectivity index (χ0n) is 8.62. The van der Waals surface area contributed by atoms with Gasteiger partial charge in [-0.1, -0.05) is 12.1 Å². The quantitative estimate of drug-likeness (QED) is 0.742. The van der Waals surface area contributed by atoms with Crippen molar-refractivity contribution in [2.45, 2.75) is 26.4 Å². The molecule has 1 aliphatic carbocycles. The molecule has 0 spiro atoms. The highest BCUT2D eigenvalue weighted by atomic mass is 16.5. The predicted octanol–water partition coefficient (Wildman–Crippen LogP) is 2.50. The third kappa shape index (κ3) is 2.26. The number of anilines is 1. The van der Waals surface area contributed by atoms with E-state index in [0.29, 0.717) is 6.61 Å². The first-order valence-corrected chi connectivity index (χ1v) is 5.19. The molecule has 0 bridgehead atoms. The van der Waals surface area contributed by atoms with Crippen LogP contribution in [0.5, 0.6) is 0 Å². The first-order valence-electron chi connectivity index (χ1n) is 5.19. The van der Waals surface area contributed by atoms with Crippen LogP contribution < -0.4 is 5.73 Å². The third-order valence-corrected chi connectivity index (χ3v) is 2.80. The maximum absolute atomic E-state index is 5.81. The minimum atomic E-state index is 0.702. The Labute approximate surface area is 85.1 Å². The van der Waals surface area contributed by atoms with E-state index >= 15 is 0 Å². The predicted molar refractivity (Wildman–Crippen MR) is 58.0 cm³/mol. The van der Waals surface area contributed by atoms with E-state index in [1.165, 1.54) is 18.4 Å². The molecule has 1 aromatic carbocycles. The zero-order chi connectivity index (χ0) is 9.97. The van der Waals surface area contributed by atoms with Gasteiger partial charge in [-0.05, 0) is 42.9 Å². The number of hydrogen-bond donors (Lipinski definition) is 1. The average molecular weight is 191 g/mol. The van der Waals surface area contributed by atoms with E-state index in [0.717, 1.165) is 23.8 Å². The van der Waals surface area contributed by atoms with Gasteiger partial charge in [-0.2, -0.15) is 0 Å². The first kappa shape index (κ1) is 9.53. The van der Waals surface area contributed by atoms with Gasteiger partial charge in [0.1, 0.15) is 0 Å². The van der Waals surface area contributed by atoms with Crippen LogP contribution in [0.2, 0.25) is 0 Å². The normalized spacial score (nSPS) is 15.8. The highest BCUT2D eigenvalue weighted by molar-refractivity contribution is 5.49. The fraction of sp³-hybridized carbons (Fsp3) is 0.500. The number of rotatable bonds is 4. The lowest BCUT2D eigenvalue weighted by molar-refractivity contribution is 0.111. The van der Waals surface area contributed by atoms with Crippen molar-refractivity contribution in [2.75, 3.05) is 12.3 Å². The Morgan fingerprint density at radius 2 is 2.21 bits per heavy atom. The summed E-state index contributed by atoms with van der Waals surface area (Å²) in [4.78, 5) is 0. The molecular formula is C12H17NO. The molecule has 1 aromatic rings. The van der Waals surface area contributed by atoms with Gasteiger partial charge in [0, 0.05) is 12.3 Å². The highest BCUT2D eigenvalue weighted by Crippen LogP contribution is 2.29. The van der Waals surface area contributed by atoms with Gasteiger partial charge in [0.05, 0.1) is 6.61 Å². The van der Waals surface area contributed by atoms with E-state index in [1.54, 1.807) is 0 Å². The fourth-order valence-corrected chi connectivity index (χ4v) is 1.48. The van der Waals surface area contributed by atoms with Gasteiger partial charge in [0.25, 0.3) is 0 Å².